The van der Waals surface area contributed by atoms with Crippen LogP contribution < -0.4 is 0 Å². The Morgan fingerprint density at radius 1 is 1.17 bits per heavy atom. The Hall–Kier alpha value is -1.93. The highest BCUT2D eigenvalue weighted by Crippen LogP contribution is 2.55. The molecule has 8 heteroatoms. The Labute approximate surface area is 132 Å². The van der Waals surface area contributed by atoms with Crippen LogP contribution in [0.4, 0.5) is 0 Å². The molecule has 1 unspecified atom stereocenters. The summed E-state index contributed by atoms with van der Waals surface area (Å²) in [4.78, 5) is 36.5. The normalized spacial score (nSPS) is 32.1. The Balaban J connectivity index is 2.20. The van der Waals surface area contributed by atoms with Gasteiger partial charge in [0.25, 0.3) is 0 Å². The summed E-state index contributed by atoms with van der Waals surface area (Å²) in [7, 11) is 2.34. The van der Waals surface area contributed by atoms with Gasteiger partial charge in [-0.15, -0.1) is 0 Å². The van der Waals surface area contributed by atoms with E-state index < -0.39 is 41.2 Å². The van der Waals surface area contributed by atoms with Gasteiger partial charge < -0.3 is 24.1 Å². The molecule has 1 N–H and O–H groups in total. The van der Waals surface area contributed by atoms with E-state index in [-0.39, 0.29) is 37.4 Å². The van der Waals surface area contributed by atoms with Crippen LogP contribution in [0.3, 0.4) is 0 Å². The zero-order valence-electron chi connectivity index (χ0n) is 12.9. The molecular formula is C15H18O8. The van der Waals surface area contributed by atoms with Crippen LogP contribution >= 0.6 is 0 Å². The van der Waals surface area contributed by atoms with Gasteiger partial charge in [-0.3, -0.25) is 9.59 Å². The molecule has 1 saturated heterocycles. The molecule has 0 aromatic rings. The number of methoxy groups -OCH3 is 2. The van der Waals surface area contributed by atoms with Crippen LogP contribution in [0, 0.1) is 17.8 Å². The largest absolute Gasteiger partial charge is 0.511 e. The molecule has 2 aliphatic carbocycles. The van der Waals surface area contributed by atoms with E-state index >= 15 is 0 Å². The van der Waals surface area contributed by atoms with E-state index in [1.165, 1.54) is 7.11 Å². The molecule has 3 rings (SSSR count). The summed E-state index contributed by atoms with van der Waals surface area (Å²) in [6, 6.07) is 0. The van der Waals surface area contributed by atoms with E-state index in [1.807, 2.05) is 0 Å². The Bertz CT molecular complexity index is 586. The molecule has 3 atom stereocenters. The van der Waals surface area contributed by atoms with E-state index in [1.54, 1.807) is 0 Å². The van der Waals surface area contributed by atoms with Gasteiger partial charge in [0.15, 0.2) is 5.79 Å². The molecule has 8 nitrogen and oxygen atoms in total. The summed E-state index contributed by atoms with van der Waals surface area (Å²) in [5.74, 6) is -6.14. The van der Waals surface area contributed by atoms with E-state index in [0.29, 0.717) is 0 Å². The molecule has 0 radical (unpaired) electrons. The molecule has 1 saturated carbocycles. The highest BCUT2D eigenvalue weighted by Gasteiger charge is 2.65. The highest BCUT2D eigenvalue weighted by atomic mass is 16.7. The number of esters is 2. The maximum Gasteiger partial charge on any atom is 0.337 e. The molecular weight excluding hydrogens is 308 g/mol. The molecule has 23 heavy (non-hydrogen) atoms. The van der Waals surface area contributed by atoms with E-state index in [9.17, 15) is 19.5 Å². The van der Waals surface area contributed by atoms with Crippen LogP contribution in [0.15, 0.2) is 11.3 Å². The summed E-state index contributed by atoms with van der Waals surface area (Å²) in [6.45, 7) is 0.564. The van der Waals surface area contributed by atoms with Crippen LogP contribution in [0.2, 0.25) is 0 Å². The summed E-state index contributed by atoms with van der Waals surface area (Å²) in [5, 5.41) is 10.5. The van der Waals surface area contributed by atoms with E-state index in [4.69, 9.17) is 18.9 Å². The van der Waals surface area contributed by atoms with Crippen molar-refractivity contribution in [3.8, 4) is 0 Å². The van der Waals surface area contributed by atoms with Crippen LogP contribution in [0.1, 0.15) is 12.8 Å². The standard InChI is InChI=1S/C15H18O8/c1-20-13(18)10-8-5-7(16)6-9(15(8)22-3-4-23-15)11(12(10)17)14(19)21-2/h8-10,17H,3-6H2,1-2H3/t8-,9+,10?/m0/s1. The molecule has 0 aromatic carbocycles. The molecule has 1 aliphatic heterocycles. The van der Waals surface area contributed by atoms with Gasteiger partial charge in [-0.1, -0.05) is 0 Å². The smallest absolute Gasteiger partial charge is 0.337 e. The number of Topliss-reactive ketones (excluding diaryl/α,β-unsaturated/α-hetero) is 1. The third kappa shape index (κ3) is 2.16. The van der Waals surface area contributed by atoms with Gasteiger partial charge in [-0.25, -0.2) is 4.79 Å². The minimum Gasteiger partial charge on any atom is -0.511 e. The second kappa shape index (κ2) is 5.61. The van der Waals surface area contributed by atoms with Crippen LogP contribution in [-0.4, -0.2) is 56.0 Å². The van der Waals surface area contributed by atoms with Crippen LogP contribution in [0.25, 0.3) is 0 Å². The lowest BCUT2D eigenvalue weighted by Crippen LogP contribution is -2.60. The first-order chi connectivity index (χ1) is 11.0. The van der Waals surface area contributed by atoms with E-state index in [0.717, 1.165) is 7.11 Å². The Kier molecular flexibility index (Phi) is 3.89. The molecule has 126 valence electrons. The van der Waals surface area contributed by atoms with Crippen molar-refractivity contribution in [1.82, 2.24) is 0 Å². The van der Waals surface area contributed by atoms with Crippen LogP contribution in [-0.2, 0) is 33.3 Å². The fraction of sp³-hybridized carbons (Fsp3) is 0.667. The minimum atomic E-state index is -1.29. The van der Waals surface area contributed by atoms with Crippen molar-refractivity contribution in [2.75, 3.05) is 27.4 Å². The van der Waals surface area contributed by atoms with Gasteiger partial charge in [-0.2, -0.15) is 0 Å². The van der Waals surface area contributed by atoms with Crippen molar-refractivity contribution in [2.24, 2.45) is 17.8 Å². The third-order valence-corrected chi connectivity index (χ3v) is 4.80. The molecule has 0 amide bonds. The molecule has 2 fully saturated rings. The number of aliphatic hydroxyl groups excluding tert-OH is 1. The topological polar surface area (TPSA) is 108 Å². The first-order valence-electron chi connectivity index (χ1n) is 7.35. The van der Waals surface area contributed by atoms with Crippen molar-refractivity contribution in [1.29, 1.82) is 0 Å². The van der Waals surface area contributed by atoms with Gasteiger partial charge in [0.2, 0.25) is 0 Å². The number of hydrogen-bond donors (Lipinski definition) is 1. The molecule has 2 bridgehead atoms. The third-order valence-electron chi connectivity index (χ3n) is 4.80. The van der Waals surface area contributed by atoms with Crippen molar-refractivity contribution >= 4 is 17.7 Å². The number of ether oxygens (including phenoxy) is 4. The molecule has 1 heterocycles. The lowest BCUT2D eigenvalue weighted by Gasteiger charge is -2.50. The number of hydrogen-bond acceptors (Lipinski definition) is 8. The second-order valence-electron chi connectivity index (χ2n) is 5.82. The second-order valence-corrected chi connectivity index (χ2v) is 5.82. The van der Waals surface area contributed by atoms with Gasteiger partial charge in [-0.05, 0) is 0 Å². The van der Waals surface area contributed by atoms with Crippen molar-refractivity contribution in [3.05, 3.63) is 11.3 Å². The highest BCUT2D eigenvalue weighted by molar-refractivity contribution is 5.95. The zero-order valence-corrected chi connectivity index (χ0v) is 12.9. The first-order valence-corrected chi connectivity index (χ1v) is 7.35. The quantitative estimate of drug-likeness (QED) is 0.713. The van der Waals surface area contributed by atoms with Crippen molar-refractivity contribution in [2.45, 2.75) is 18.6 Å². The Morgan fingerprint density at radius 3 is 2.39 bits per heavy atom. The molecule has 0 aromatic heterocycles. The fourth-order valence-electron chi connectivity index (χ4n) is 3.91. The number of ketones is 1. The number of carbonyl (C=O) groups excluding carboxylic acids is 3. The molecule has 1 spiro atoms. The lowest BCUT2D eigenvalue weighted by molar-refractivity contribution is -0.252. The minimum absolute atomic E-state index is 0.00871. The van der Waals surface area contributed by atoms with Crippen LogP contribution in [0.5, 0.6) is 0 Å². The SMILES string of the molecule is COC(=O)C1=C(O)C(C(=O)OC)[C@@H]2CC(=O)C[C@H]1C21OCCO1. The Morgan fingerprint density at radius 2 is 1.83 bits per heavy atom. The number of carbonyl (C=O) groups is 3. The zero-order chi connectivity index (χ0) is 16.8. The molecule has 3 aliphatic rings. The predicted molar refractivity (Wildman–Crippen MR) is 73.0 cm³/mol. The number of rotatable bonds is 2. The summed E-state index contributed by atoms with van der Waals surface area (Å²) >= 11 is 0. The lowest BCUT2D eigenvalue weighted by atomic mass is 9.61. The first kappa shape index (κ1) is 15.9. The monoisotopic (exact) mass is 326 g/mol. The summed E-state index contributed by atoms with van der Waals surface area (Å²) < 4.78 is 21.0. The summed E-state index contributed by atoms with van der Waals surface area (Å²) in [5.41, 5.74) is -0.144. The maximum atomic E-state index is 12.2. The van der Waals surface area contributed by atoms with Crippen molar-refractivity contribution < 1.29 is 38.4 Å². The number of aliphatic hydroxyl groups is 1. The van der Waals surface area contributed by atoms with Gasteiger partial charge in [0, 0.05) is 18.8 Å². The maximum absolute atomic E-state index is 12.2. The van der Waals surface area contributed by atoms with E-state index in [2.05, 4.69) is 0 Å². The van der Waals surface area contributed by atoms with Gasteiger partial charge >= 0.3 is 11.9 Å². The van der Waals surface area contributed by atoms with Gasteiger partial charge in [0.1, 0.15) is 17.5 Å². The predicted octanol–water partition coefficient (Wildman–Crippen LogP) is 0.113. The van der Waals surface area contributed by atoms with Crippen molar-refractivity contribution in [3.63, 3.8) is 0 Å². The average molecular weight is 326 g/mol. The fourth-order valence-corrected chi connectivity index (χ4v) is 3.91. The average Bonchev–Trinajstić information content (AvgIpc) is 3.00. The van der Waals surface area contributed by atoms with Gasteiger partial charge in [0.05, 0.1) is 38.9 Å². The summed E-state index contributed by atoms with van der Waals surface area (Å²) in [6.07, 6.45) is -0.00628.